The van der Waals surface area contributed by atoms with E-state index in [9.17, 15) is 27.5 Å². The van der Waals surface area contributed by atoms with E-state index in [1.165, 1.54) is 31.4 Å². The number of carbonyl (C=O) groups excluding carboxylic acids is 1. The molecule has 0 radical (unpaired) electrons. The van der Waals surface area contributed by atoms with E-state index in [4.69, 9.17) is 0 Å². The average molecular weight is 582 g/mol. The lowest BCUT2D eigenvalue weighted by Crippen LogP contribution is -2.38. The molecule has 0 unspecified atom stereocenters. The van der Waals surface area contributed by atoms with Gasteiger partial charge in [-0.2, -0.15) is 0 Å². The Bertz CT molecular complexity index is 1320. The largest absolute Gasteiger partial charge is 0.469 e. The molecule has 4 aromatic carbocycles. The number of rotatable bonds is 11. The minimum atomic E-state index is -0.637. The molecule has 4 nitrogen and oxygen atoms in total. The lowest BCUT2D eigenvalue weighted by molar-refractivity contribution is -0.144. The first-order valence-corrected chi connectivity index (χ1v) is 13.6. The summed E-state index contributed by atoms with van der Waals surface area (Å²) < 4.78 is 57.3. The predicted molar refractivity (Wildman–Crippen MR) is 154 cm³/mol. The minimum absolute atomic E-state index is 0.0994. The van der Waals surface area contributed by atoms with Crippen molar-refractivity contribution >= 4 is 5.97 Å². The summed E-state index contributed by atoms with van der Waals surface area (Å²) in [7, 11) is 1.28. The summed E-state index contributed by atoms with van der Waals surface area (Å²) in [5.74, 6) is -3.27. The number of halogens is 4. The van der Waals surface area contributed by atoms with Crippen LogP contribution in [0.3, 0.4) is 0 Å². The fraction of sp³-hybridized carbons (Fsp3) is 0.265. The van der Waals surface area contributed by atoms with Gasteiger partial charge in [0.1, 0.15) is 23.3 Å². The maximum absolute atomic E-state index is 13.6. The Kier molecular flexibility index (Phi) is 12.7. The van der Waals surface area contributed by atoms with Gasteiger partial charge in [-0.25, -0.2) is 17.6 Å². The Morgan fingerprint density at radius 3 is 1.48 bits per heavy atom. The third kappa shape index (κ3) is 10.8. The Morgan fingerprint density at radius 1 is 0.690 bits per heavy atom. The maximum atomic E-state index is 13.6. The molecule has 222 valence electrons. The summed E-state index contributed by atoms with van der Waals surface area (Å²) in [5, 5.41) is 10.0. The smallest absolute Gasteiger partial charge is 0.308 e. The first-order valence-electron chi connectivity index (χ1n) is 13.6. The topological polar surface area (TPSA) is 49.8 Å². The summed E-state index contributed by atoms with van der Waals surface area (Å²) in [6.45, 7) is 2.82. The van der Waals surface area contributed by atoms with Crippen LogP contribution in [0.4, 0.5) is 17.6 Å². The quantitative estimate of drug-likeness (QED) is 0.155. The average Bonchev–Trinajstić information content (AvgIpc) is 2.95. The zero-order valence-corrected chi connectivity index (χ0v) is 23.7. The summed E-state index contributed by atoms with van der Waals surface area (Å²) in [6, 6.07) is 26.5. The standard InChI is InChI=1S/C23H23F2NO.C11H12F2O2/c24-21-11-20(12-22(25)14-21)13-23(17-27)26(15-18-7-3-1-4-8-18)16-19-9-5-2-6-10-19;1-7(11(14)15-2)3-8-4-9(12)6-10(13)5-8/h1-12,14,23,27H,13,15-17H2;4-7H,3H2,1-2H3/t23-;7-/m00/s1. The van der Waals surface area contributed by atoms with Gasteiger partial charge in [0.15, 0.2) is 0 Å². The molecule has 0 aromatic heterocycles. The van der Waals surface area contributed by atoms with Crippen LogP contribution in [0.25, 0.3) is 0 Å². The second-order valence-electron chi connectivity index (χ2n) is 10.1. The van der Waals surface area contributed by atoms with Gasteiger partial charge in [0, 0.05) is 31.3 Å². The summed E-state index contributed by atoms with van der Waals surface area (Å²) in [4.78, 5) is 13.2. The van der Waals surface area contributed by atoms with E-state index in [1.54, 1.807) is 6.92 Å². The van der Waals surface area contributed by atoms with Gasteiger partial charge in [-0.05, 0) is 59.4 Å². The van der Waals surface area contributed by atoms with Crippen LogP contribution in [0.15, 0.2) is 97.1 Å². The van der Waals surface area contributed by atoms with E-state index < -0.39 is 29.2 Å². The number of benzene rings is 4. The van der Waals surface area contributed by atoms with Crippen molar-refractivity contribution in [2.75, 3.05) is 13.7 Å². The van der Waals surface area contributed by atoms with Crippen molar-refractivity contribution in [3.05, 3.63) is 143 Å². The molecule has 0 spiro atoms. The number of hydrogen-bond acceptors (Lipinski definition) is 4. The molecule has 0 aliphatic rings. The lowest BCUT2D eigenvalue weighted by atomic mass is 10.0. The number of aliphatic hydroxyl groups excluding tert-OH is 1. The Labute approximate surface area is 244 Å². The third-order valence-corrected chi connectivity index (χ3v) is 6.65. The van der Waals surface area contributed by atoms with Crippen molar-refractivity contribution in [2.24, 2.45) is 5.92 Å². The van der Waals surface area contributed by atoms with E-state index in [1.807, 2.05) is 60.7 Å². The highest BCUT2D eigenvalue weighted by atomic mass is 19.1. The number of methoxy groups -OCH3 is 1. The third-order valence-electron chi connectivity index (χ3n) is 6.65. The van der Waals surface area contributed by atoms with Crippen LogP contribution < -0.4 is 0 Å². The van der Waals surface area contributed by atoms with E-state index >= 15 is 0 Å². The number of esters is 1. The van der Waals surface area contributed by atoms with Gasteiger partial charge in [0.2, 0.25) is 0 Å². The van der Waals surface area contributed by atoms with Crippen LogP contribution in [0.2, 0.25) is 0 Å². The van der Waals surface area contributed by atoms with Gasteiger partial charge in [0.25, 0.3) is 0 Å². The molecule has 4 aromatic rings. The second kappa shape index (κ2) is 16.4. The highest BCUT2D eigenvalue weighted by Crippen LogP contribution is 2.18. The number of carbonyl (C=O) groups is 1. The predicted octanol–water partition coefficient (Wildman–Crippen LogP) is 6.89. The molecule has 1 N–H and O–H groups in total. The van der Waals surface area contributed by atoms with E-state index in [-0.39, 0.29) is 25.0 Å². The van der Waals surface area contributed by atoms with Crippen LogP contribution in [-0.4, -0.2) is 35.7 Å². The number of nitrogens with zero attached hydrogens (tertiary/aromatic N) is 1. The van der Waals surface area contributed by atoms with Gasteiger partial charge >= 0.3 is 5.97 Å². The monoisotopic (exact) mass is 581 g/mol. The molecule has 0 heterocycles. The normalized spacial score (nSPS) is 12.3. The fourth-order valence-corrected chi connectivity index (χ4v) is 4.63. The van der Waals surface area contributed by atoms with Gasteiger partial charge in [-0.3, -0.25) is 9.69 Å². The molecule has 42 heavy (non-hydrogen) atoms. The van der Waals surface area contributed by atoms with Crippen LogP contribution in [0, 0.1) is 29.2 Å². The van der Waals surface area contributed by atoms with Gasteiger partial charge in [0.05, 0.1) is 19.6 Å². The molecule has 0 aliphatic heterocycles. The van der Waals surface area contributed by atoms with Crippen LogP contribution in [0.1, 0.15) is 29.2 Å². The van der Waals surface area contributed by atoms with Crippen molar-refractivity contribution in [1.29, 1.82) is 0 Å². The van der Waals surface area contributed by atoms with Gasteiger partial charge in [-0.15, -0.1) is 0 Å². The zero-order chi connectivity index (χ0) is 30.5. The van der Waals surface area contributed by atoms with Crippen LogP contribution >= 0.6 is 0 Å². The fourth-order valence-electron chi connectivity index (χ4n) is 4.63. The summed E-state index contributed by atoms with van der Waals surface area (Å²) in [6.07, 6.45) is 0.631. The molecule has 0 saturated carbocycles. The van der Waals surface area contributed by atoms with Gasteiger partial charge in [-0.1, -0.05) is 67.6 Å². The molecule has 0 saturated heterocycles. The van der Waals surface area contributed by atoms with Crippen LogP contribution in [0.5, 0.6) is 0 Å². The SMILES string of the molecule is COC(=O)[C@@H](C)Cc1cc(F)cc(F)c1.OC[C@H](Cc1cc(F)cc(F)c1)N(Cc1ccccc1)Cc1ccccc1. The Balaban J connectivity index is 0.000000274. The lowest BCUT2D eigenvalue weighted by Gasteiger charge is -2.31. The first-order chi connectivity index (χ1) is 20.2. The molecular formula is C34H35F4NO3. The van der Waals surface area contributed by atoms with Crippen molar-refractivity contribution < 1.29 is 32.2 Å². The molecule has 0 aliphatic carbocycles. The highest BCUT2D eigenvalue weighted by molar-refractivity contribution is 5.72. The van der Waals surface area contributed by atoms with Crippen LogP contribution in [-0.2, 0) is 35.5 Å². The number of aliphatic hydroxyl groups is 1. The summed E-state index contributed by atoms with van der Waals surface area (Å²) in [5.41, 5.74) is 3.23. The van der Waals surface area contributed by atoms with Crippen molar-refractivity contribution in [1.82, 2.24) is 4.90 Å². The number of ether oxygens (including phenoxy) is 1. The van der Waals surface area contributed by atoms with Crippen molar-refractivity contribution in [2.45, 2.75) is 38.9 Å². The second-order valence-corrected chi connectivity index (χ2v) is 10.1. The molecule has 4 rings (SSSR count). The van der Waals surface area contributed by atoms with Crippen molar-refractivity contribution in [3.63, 3.8) is 0 Å². The Hall–Kier alpha value is -4.01. The summed E-state index contributed by atoms with van der Waals surface area (Å²) >= 11 is 0. The maximum Gasteiger partial charge on any atom is 0.308 e. The van der Waals surface area contributed by atoms with E-state index in [0.717, 1.165) is 23.3 Å². The highest BCUT2D eigenvalue weighted by Gasteiger charge is 2.20. The minimum Gasteiger partial charge on any atom is -0.469 e. The molecule has 0 amide bonds. The zero-order valence-electron chi connectivity index (χ0n) is 23.7. The molecule has 8 heteroatoms. The van der Waals surface area contributed by atoms with E-state index in [2.05, 4.69) is 9.64 Å². The number of hydrogen-bond donors (Lipinski definition) is 1. The molecule has 0 fully saturated rings. The van der Waals surface area contributed by atoms with Crippen molar-refractivity contribution in [3.8, 4) is 0 Å². The molecular weight excluding hydrogens is 546 g/mol. The first kappa shape index (κ1) is 32.5. The van der Waals surface area contributed by atoms with E-state index in [0.29, 0.717) is 30.6 Å². The van der Waals surface area contributed by atoms with Gasteiger partial charge < -0.3 is 9.84 Å². The molecule has 0 bridgehead atoms. The Morgan fingerprint density at radius 2 is 1.10 bits per heavy atom. The molecule has 2 atom stereocenters.